The van der Waals surface area contributed by atoms with Gasteiger partial charge in [0, 0.05) is 5.57 Å². The Morgan fingerprint density at radius 2 is 1.36 bits per heavy atom. The van der Waals surface area contributed by atoms with Crippen molar-refractivity contribution in [3.05, 3.63) is 131 Å². The molecule has 0 amide bonds. The Morgan fingerprint density at radius 3 is 2.00 bits per heavy atom. The van der Waals surface area contributed by atoms with Crippen LogP contribution in [-0.2, 0) is 22.7 Å². The van der Waals surface area contributed by atoms with Crippen molar-refractivity contribution in [2.24, 2.45) is 0 Å². The molecule has 0 saturated heterocycles. The van der Waals surface area contributed by atoms with Gasteiger partial charge in [-0.15, -0.1) is 0 Å². The molecule has 0 unspecified atom stereocenters. The number of hydrogen-bond acceptors (Lipinski definition) is 2. The quantitative estimate of drug-likeness (QED) is 0.360. The summed E-state index contributed by atoms with van der Waals surface area (Å²) in [5.74, 6) is 0.939. The lowest BCUT2D eigenvalue weighted by molar-refractivity contribution is 0.134. The van der Waals surface area contributed by atoms with Crippen molar-refractivity contribution in [2.45, 2.75) is 39.9 Å². The molecule has 0 saturated carbocycles. The van der Waals surface area contributed by atoms with Crippen LogP contribution in [0.2, 0.25) is 0 Å². The van der Waals surface area contributed by atoms with E-state index in [1.54, 1.807) is 7.11 Å². The van der Waals surface area contributed by atoms with Crippen LogP contribution >= 0.6 is 7.92 Å². The molecule has 1 aliphatic heterocycles. The van der Waals surface area contributed by atoms with Crippen LogP contribution in [0.1, 0.15) is 40.7 Å². The normalized spacial score (nSPS) is 17.2. The highest BCUT2D eigenvalue weighted by Crippen LogP contribution is 2.43. The Balaban J connectivity index is 1.87. The number of ether oxygens (including phenoxy) is 2. The number of fused-ring (bicyclic) bond motifs is 1. The predicted molar refractivity (Wildman–Crippen MR) is 154 cm³/mol. The van der Waals surface area contributed by atoms with Crippen molar-refractivity contribution in [3.63, 3.8) is 0 Å². The van der Waals surface area contributed by atoms with Gasteiger partial charge in [-0.25, -0.2) is 0 Å². The smallest absolute Gasteiger partial charge is 0.122 e. The van der Waals surface area contributed by atoms with Crippen LogP contribution < -0.4 is 15.9 Å². The van der Waals surface area contributed by atoms with Crippen molar-refractivity contribution in [1.82, 2.24) is 0 Å². The van der Waals surface area contributed by atoms with Crippen LogP contribution in [0.25, 0.3) is 5.57 Å². The molecule has 182 valence electrons. The molecule has 5 rings (SSSR count). The number of methoxy groups -OCH3 is 1. The minimum atomic E-state index is -0.794. The number of benzene rings is 3. The summed E-state index contributed by atoms with van der Waals surface area (Å²) in [6, 6.07) is 22.0. The van der Waals surface area contributed by atoms with Crippen molar-refractivity contribution >= 4 is 29.4 Å². The highest BCUT2D eigenvalue weighted by Gasteiger charge is 2.31. The SMILES string of the molecule is COC1=C(c2c(C)c3c(c(C)c2P(c2ccccc2)c2ccccc2)COC3)C/C=C\C=C/CC=C1. The summed E-state index contributed by atoms with van der Waals surface area (Å²) in [5.41, 5.74) is 7.95. The second-order valence-corrected chi connectivity index (χ2v) is 11.3. The lowest BCUT2D eigenvalue weighted by Crippen LogP contribution is -2.27. The fourth-order valence-corrected chi connectivity index (χ4v) is 8.01. The minimum absolute atomic E-state index is 0.675. The fourth-order valence-electron chi connectivity index (χ4n) is 5.26. The zero-order valence-corrected chi connectivity index (χ0v) is 22.2. The Kier molecular flexibility index (Phi) is 7.66. The van der Waals surface area contributed by atoms with E-state index in [2.05, 4.69) is 111 Å². The molecule has 1 heterocycles. The van der Waals surface area contributed by atoms with E-state index in [9.17, 15) is 0 Å². The van der Waals surface area contributed by atoms with E-state index in [0.29, 0.717) is 13.2 Å². The zero-order valence-electron chi connectivity index (χ0n) is 21.3. The summed E-state index contributed by atoms with van der Waals surface area (Å²) in [5, 5.41) is 4.13. The van der Waals surface area contributed by atoms with E-state index in [1.807, 2.05) is 0 Å². The summed E-state index contributed by atoms with van der Waals surface area (Å²) < 4.78 is 12.1. The number of hydrogen-bond donors (Lipinski definition) is 0. The summed E-state index contributed by atoms with van der Waals surface area (Å²) >= 11 is 0. The van der Waals surface area contributed by atoms with Gasteiger partial charge in [0.15, 0.2) is 0 Å². The first-order valence-corrected chi connectivity index (χ1v) is 13.9. The topological polar surface area (TPSA) is 18.5 Å². The lowest BCUT2D eigenvalue weighted by atomic mass is 9.88. The maximum atomic E-state index is 6.06. The van der Waals surface area contributed by atoms with Crippen molar-refractivity contribution < 1.29 is 9.47 Å². The third-order valence-electron chi connectivity index (χ3n) is 7.05. The van der Waals surface area contributed by atoms with E-state index in [-0.39, 0.29) is 0 Å². The van der Waals surface area contributed by atoms with Crippen LogP contribution in [0.4, 0.5) is 0 Å². The van der Waals surface area contributed by atoms with E-state index in [1.165, 1.54) is 49.3 Å². The van der Waals surface area contributed by atoms with Crippen molar-refractivity contribution in [2.75, 3.05) is 7.11 Å². The predicted octanol–water partition coefficient (Wildman–Crippen LogP) is 6.91. The molecule has 0 aromatic heterocycles. The van der Waals surface area contributed by atoms with Gasteiger partial charge in [0.05, 0.1) is 20.3 Å². The minimum Gasteiger partial charge on any atom is -0.496 e. The molecule has 3 aromatic carbocycles. The molecule has 2 aliphatic rings. The lowest BCUT2D eigenvalue weighted by Gasteiger charge is -2.29. The fraction of sp³-hybridized carbons (Fsp3) is 0.212. The Labute approximate surface area is 216 Å². The number of rotatable bonds is 5. The summed E-state index contributed by atoms with van der Waals surface area (Å²) in [4.78, 5) is 0. The van der Waals surface area contributed by atoms with Crippen molar-refractivity contribution in [1.29, 1.82) is 0 Å². The van der Waals surface area contributed by atoms with Gasteiger partial charge in [-0.1, -0.05) is 91.0 Å². The van der Waals surface area contributed by atoms with E-state index >= 15 is 0 Å². The second-order valence-electron chi connectivity index (χ2n) is 9.18. The average Bonchev–Trinajstić information content (AvgIpc) is 3.42. The maximum absolute atomic E-state index is 6.06. The first-order chi connectivity index (χ1) is 17.7. The third-order valence-corrected chi connectivity index (χ3v) is 9.68. The molecule has 0 N–H and O–H groups in total. The highest BCUT2D eigenvalue weighted by atomic mass is 31.1. The Morgan fingerprint density at radius 1 is 0.750 bits per heavy atom. The molecule has 0 radical (unpaired) electrons. The van der Waals surface area contributed by atoms with Crippen LogP contribution in [0.5, 0.6) is 0 Å². The summed E-state index contributed by atoms with van der Waals surface area (Å²) in [6.45, 7) is 5.94. The van der Waals surface area contributed by atoms with Gasteiger partial charge in [0.1, 0.15) is 5.76 Å². The van der Waals surface area contributed by atoms with Crippen molar-refractivity contribution in [3.8, 4) is 0 Å². The molecule has 0 spiro atoms. The van der Waals surface area contributed by atoms with Crippen LogP contribution in [0.3, 0.4) is 0 Å². The molecule has 0 fully saturated rings. The largest absolute Gasteiger partial charge is 0.496 e. The first kappa shape index (κ1) is 24.5. The monoisotopic (exact) mass is 492 g/mol. The summed E-state index contributed by atoms with van der Waals surface area (Å²) in [7, 11) is 0.998. The molecule has 0 atom stereocenters. The molecule has 0 bridgehead atoms. The molecular formula is C33H33O2P. The van der Waals surface area contributed by atoms with Crippen LogP contribution in [0, 0.1) is 13.8 Å². The molecule has 3 heteroatoms. The van der Waals surface area contributed by atoms with Gasteiger partial charge >= 0.3 is 0 Å². The Bertz CT molecular complexity index is 1310. The van der Waals surface area contributed by atoms with Gasteiger partial charge in [0.25, 0.3) is 0 Å². The Hall–Kier alpha value is -3.19. The summed E-state index contributed by atoms with van der Waals surface area (Å²) in [6.07, 6.45) is 14.7. The van der Waals surface area contributed by atoms with Gasteiger partial charge in [0.2, 0.25) is 0 Å². The molecule has 1 aliphatic carbocycles. The average molecular weight is 493 g/mol. The van der Waals surface area contributed by atoms with Gasteiger partial charge in [-0.2, -0.15) is 0 Å². The van der Waals surface area contributed by atoms with Crippen LogP contribution in [-0.4, -0.2) is 7.11 Å². The molecule has 3 aromatic rings. The van der Waals surface area contributed by atoms with Crippen LogP contribution in [0.15, 0.2) is 103 Å². The molecule has 36 heavy (non-hydrogen) atoms. The number of allylic oxidation sites excluding steroid dienone is 7. The van der Waals surface area contributed by atoms with E-state index < -0.39 is 7.92 Å². The van der Waals surface area contributed by atoms with E-state index in [0.717, 1.165) is 18.6 Å². The second kappa shape index (κ2) is 11.2. The standard InChI is InChI=1S/C33H33O2P/c1-24-29-22-35-23-30(29)25(2)33(32(24)28-20-14-6-4-5-7-15-21-31(28)34-3)36(26-16-10-8-11-17-26)27-18-12-9-13-19-27/h4-6,8-19,21H,7,20,22-23H2,1-3H3/b5-4-,14-6-,21-15?,31-28?. The first-order valence-electron chi connectivity index (χ1n) is 12.6. The molecule has 2 nitrogen and oxygen atoms in total. The highest BCUT2D eigenvalue weighted by molar-refractivity contribution is 7.80. The van der Waals surface area contributed by atoms with Gasteiger partial charge in [-0.05, 0) is 84.4 Å². The molecular weight excluding hydrogens is 459 g/mol. The third kappa shape index (κ3) is 4.76. The van der Waals surface area contributed by atoms with Gasteiger partial charge in [-0.3, -0.25) is 0 Å². The van der Waals surface area contributed by atoms with E-state index in [4.69, 9.17) is 9.47 Å². The maximum Gasteiger partial charge on any atom is 0.122 e. The van der Waals surface area contributed by atoms with Gasteiger partial charge < -0.3 is 9.47 Å². The zero-order chi connectivity index (χ0) is 24.9.